The standard InChI is InChI=1S/C12H23N3O3/c1-8(2)10(11(13)14-17)12(16)15(6-7-18-3)9-4-5-9/h8-10,17H,4-7H2,1-3H3,(H2,13,14). The lowest BCUT2D eigenvalue weighted by atomic mass is 9.93. The predicted molar refractivity (Wildman–Crippen MR) is 68.3 cm³/mol. The van der Waals surface area contributed by atoms with Gasteiger partial charge in [0.05, 0.1) is 6.61 Å². The Kier molecular flexibility index (Phi) is 5.40. The van der Waals surface area contributed by atoms with Crippen molar-refractivity contribution in [3.63, 3.8) is 0 Å². The molecule has 0 heterocycles. The second-order valence-corrected chi connectivity index (χ2v) is 5.00. The third kappa shape index (κ3) is 3.60. The minimum Gasteiger partial charge on any atom is -0.409 e. The molecule has 1 saturated carbocycles. The summed E-state index contributed by atoms with van der Waals surface area (Å²) < 4.78 is 5.02. The van der Waals surface area contributed by atoms with E-state index in [-0.39, 0.29) is 17.7 Å². The molecule has 1 amide bonds. The zero-order valence-electron chi connectivity index (χ0n) is 11.3. The summed E-state index contributed by atoms with van der Waals surface area (Å²) >= 11 is 0. The fraction of sp³-hybridized carbons (Fsp3) is 0.833. The smallest absolute Gasteiger partial charge is 0.233 e. The number of amides is 1. The number of amidine groups is 1. The van der Waals surface area contributed by atoms with Gasteiger partial charge in [-0.1, -0.05) is 19.0 Å². The van der Waals surface area contributed by atoms with Crippen molar-refractivity contribution < 1.29 is 14.7 Å². The lowest BCUT2D eigenvalue weighted by Gasteiger charge is -2.28. The van der Waals surface area contributed by atoms with Crippen molar-refractivity contribution in [1.29, 1.82) is 0 Å². The van der Waals surface area contributed by atoms with Crippen LogP contribution in [0.3, 0.4) is 0 Å². The van der Waals surface area contributed by atoms with Crippen molar-refractivity contribution in [2.24, 2.45) is 22.7 Å². The van der Waals surface area contributed by atoms with Gasteiger partial charge >= 0.3 is 0 Å². The van der Waals surface area contributed by atoms with Gasteiger partial charge < -0.3 is 20.6 Å². The molecule has 1 unspecified atom stereocenters. The van der Waals surface area contributed by atoms with Gasteiger partial charge in [0.1, 0.15) is 5.92 Å². The number of methoxy groups -OCH3 is 1. The maximum atomic E-state index is 12.5. The highest BCUT2D eigenvalue weighted by Gasteiger charge is 2.38. The highest BCUT2D eigenvalue weighted by atomic mass is 16.5. The SMILES string of the molecule is COCCN(C(=O)C(C(N)=NO)C(C)C)C1CC1. The maximum Gasteiger partial charge on any atom is 0.233 e. The van der Waals surface area contributed by atoms with E-state index in [1.807, 2.05) is 13.8 Å². The van der Waals surface area contributed by atoms with Gasteiger partial charge in [0.15, 0.2) is 5.84 Å². The molecule has 1 atom stereocenters. The fourth-order valence-electron chi connectivity index (χ4n) is 2.04. The molecule has 0 aromatic carbocycles. The van der Waals surface area contributed by atoms with Gasteiger partial charge in [-0.3, -0.25) is 4.79 Å². The average Bonchev–Trinajstić information content (AvgIpc) is 3.13. The maximum absolute atomic E-state index is 12.5. The van der Waals surface area contributed by atoms with Gasteiger partial charge in [-0.15, -0.1) is 0 Å². The number of hydrogen-bond donors (Lipinski definition) is 2. The van der Waals surface area contributed by atoms with Crippen LogP contribution in [0.25, 0.3) is 0 Å². The van der Waals surface area contributed by atoms with Crippen molar-refractivity contribution in [3.05, 3.63) is 0 Å². The average molecular weight is 257 g/mol. The van der Waals surface area contributed by atoms with Crippen LogP contribution in [-0.4, -0.2) is 48.2 Å². The Morgan fingerprint density at radius 2 is 2.17 bits per heavy atom. The molecule has 1 rings (SSSR count). The fourth-order valence-corrected chi connectivity index (χ4v) is 2.04. The number of rotatable bonds is 7. The Hall–Kier alpha value is -1.30. The molecule has 0 aromatic heterocycles. The van der Waals surface area contributed by atoms with Gasteiger partial charge in [0.2, 0.25) is 5.91 Å². The van der Waals surface area contributed by atoms with Gasteiger partial charge in [-0.2, -0.15) is 0 Å². The van der Waals surface area contributed by atoms with Crippen molar-refractivity contribution in [1.82, 2.24) is 4.90 Å². The minimum absolute atomic E-state index is 0.00260. The van der Waals surface area contributed by atoms with E-state index in [2.05, 4.69) is 5.16 Å². The van der Waals surface area contributed by atoms with Crippen LogP contribution in [0.2, 0.25) is 0 Å². The summed E-state index contributed by atoms with van der Waals surface area (Å²) in [5.41, 5.74) is 5.63. The summed E-state index contributed by atoms with van der Waals surface area (Å²) in [7, 11) is 1.61. The molecule has 0 aromatic rings. The van der Waals surface area contributed by atoms with E-state index in [9.17, 15) is 4.79 Å². The molecule has 1 aliphatic rings. The first kappa shape index (κ1) is 14.8. The van der Waals surface area contributed by atoms with E-state index in [0.29, 0.717) is 19.2 Å². The molecule has 104 valence electrons. The molecule has 0 radical (unpaired) electrons. The summed E-state index contributed by atoms with van der Waals surface area (Å²) in [6.45, 7) is 4.84. The van der Waals surface area contributed by atoms with Gasteiger partial charge in [-0.05, 0) is 18.8 Å². The molecule has 6 heteroatoms. The summed E-state index contributed by atoms with van der Waals surface area (Å²) in [5.74, 6) is -0.650. The normalized spacial score (nSPS) is 17.9. The first-order chi connectivity index (χ1) is 8.52. The lowest BCUT2D eigenvalue weighted by molar-refractivity contribution is -0.135. The Bertz CT molecular complexity index is 314. The van der Waals surface area contributed by atoms with Crippen LogP contribution in [-0.2, 0) is 9.53 Å². The van der Waals surface area contributed by atoms with Gasteiger partial charge in [0.25, 0.3) is 0 Å². The third-order valence-electron chi connectivity index (χ3n) is 3.17. The number of carbonyl (C=O) groups is 1. The molecule has 0 bridgehead atoms. The van der Waals surface area contributed by atoms with Gasteiger partial charge in [-0.25, -0.2) is 0 Å². The molecule has 18 heavy (non-hydrogen) atoms. The van der Waals surface area contributed by atoms with Crippen LogP contribution >= 0.6 is 0 Å². The Morgan fingerprint density at radius 3 is 2.56 bits per heavy atom. The monoisotopic (exact) mass is 257 g/mol. The molecule has 0 aliphatic heterocycles. The quantitative estimate of drug-likeness (QED) is 0.303. The number of ether oxygens (including phenoxy) is 1. The van der Waals surface area contributed by atoms with Crippen LogP contribution in [0.5, 0.6) is 0 Å². The number of oxime groups is 1. The molecule has 3 N–H and O–H groups in total. The van der Waals surface area contributed by atoms with Crippen molar-refractivity contribution in [2.45, 2.75) is 32.7 Å². The van der Waals surface area contributed by atoms with Crippen LogP contribution in [0.15, 0.2) is 5.16 Å². The summed E-state index contributed by atoms with van der Waals surface area (Å²) in [4.78, 5) is 14.3. The lowest BCUT2D eigenvalue weighted by Crippen LogP contribution is -2.46. The Morgan fingerprint density at radius 1 is 1.56 bits per heavy atom. The number of carbonyl (C=O) groups excluding carboxylic acids is 1. The van der Waals surface area contributed by atoms with E-state index in [1.165, 1.54) is 0 Å². The second-order valence-electron chi connectivity index (χ2n) is 5.00. The second kappa shape index (κ2) is 6.58. The Labute approximate surface area is 108 Å². The zero-order valence-corrected chi connectivity index (χ0v) is 11.3. The van der Waals surface area contributed by atoms with Crippen LogP contribution in [0, 0.1) is 11.8 Å². The zero-order chi connectivity index (χ0) is 13.7. The topological polar surface area (TPSA) is 88.2 Å². The summed E-state index contributed by atoms with van der Waals surface area (Å²) in [6, 6.07) is 0.292. The van der Waals surface area contributed by atoms with Crippen molar-refractivity contribution in [3.8, 4) is 0 Å². The van der Waals surface area contributed by atoms with Crippen LogP contribution in [0.4, 0.5) is 0 Å². The number of nitrogens with zero attached hydrogens (tertiary/aromatic N) is 2. The predicted octanol–water partition coefficient (Wildman–Crippen LogP) is 0.642. The minimum atomic E-state index is -0.563. The highest BCUT2D eigenvalue weighted by Crippen LogP contribution is 2.29. The highest BCUT2D eigenvalue weighted by molar-refractivity contribution is 6.02. The number of nitrogens with two attached hydrogens (primary N) is 1. The van der Waals surface area contributed by atoms with Crippen LogP contribution in [0.1, 0.15) is 26.7 Å². The van der Waals surface area contributed by atoms with E-state index < -0.39 is 5.92 Å². The molecular formula is C12H23N3O3. The van der Waals surface area contributed by atoms with Crippen molar-refractivity contribution >= 4 is 11.7 Å². The molecule has 0 spiro atoms. The molecular weight excluding hydrogens is 234 g/mol. The van der Waals surface area contributed by atoms with E-state index in [1.54, 1.807) is 12.0 Å². The molecule has 6 nitrogen and oxygen atoms in total. The van der Waals surface area contributed by atoms with Crippen molar-refractivity contribution in [2.75, 3.05) is 20.3 Å². The third-order valence-corrected chi connectivity index (χ3v) is 3.17. The number of hydrogen-bond acceptors (Lipinski definition) is 4. The summed E-state index contributed by atoms with van der Waals surface area (Å²) in [6.07, 6.45) is 2.05. The molecule has 1 fully saturated rings. The first-order valence-electron chi connectivity index (χ1n) is 6.29. The van der Waals surface area contributed by atoms with Gasteiger partial charge in [0, 0.05) is 19.7 Å². The Balaban J connectivity index is 2.78. The molecule has 1 aliphatic carbocycles. The molecule has 0 saturated heterocycles. The first-order valence-corrected chi connectivity index (χ1v) is 6.29. The van der Waals surface area contributed by atoms with E-state index in [0.717, 1.165) is 12.8 Å². The largest absolute Gasteiger partial charge is 0.409 e. The van der Waals surface area contributed by atoms with E-state index >= 15 is 0 Å². The van der Waals surface area contributed by atoms with E-state index in [4.69, 9.17) is 15.7 Å². The summed E-state index contributed by atoms with van der Waals surface area (Å²) in [5, 5.41) is 11.8. The van der Waals surface area contributed by atoms with Crippen LogP contribution < -0.4 is 5.73 Å².